The molecule has 7 heteroatoms. The van der Waals surface area contributed by atoms with Gasteiger partial charge in [-0.1, -0.05) is 6.08 Å². The summed E-state index contributed by atoms with van der Waals surface area (Å²) in [5, 5.41) is 12.1. The topological polar surface area (TPSA) is 140 Å². The molecular formula is C20H30N2O5. The Hall–Kier alpha value is -2.03. The van der Waals surface area contributed by atoms with Gasteiger partial charge in [-0.15, -0.1) is 6.58 Å². The fraction of sp³-hybridized carbons (Fsp3) is 0.450. The fourth-order valence-corrected chi connectivity index (χ4v) is 4.44. The van der Waals surface area contributed by atoms with Crippen LogP contribution in [-0.4, -0.2) is 57.7 Å². The number of hydrogen-bond donors (Lipinski definition) is 1. The number of aliphatic hydroxyl groups is 1. The minimum absolute atomic E-state index is 0. The van der Waals surface area contributed by atoms with E-state index in [9.17, 15) is 5.11 Å². The van der Waals surface area contributed by atoms with Gasteiger partial charge in [-0.2, -0.15) is 0 Å². The van der Waals surface area contributed by atoms with Crippen molar-refractivity contribution in [2.75, 3.05) is 20.2 Å². The average molecular weight is 378 g/mol. The van der Waals surface area contributed by atoms with Crippen molar-refractivity contribution in [2.45, 2.75) is 25.0 Å². The smallest absolute Gasteiger partial charge is 0.119 e. The molecule has 3 saturated heterocycles. The SMILES string of the molecule is C=C[C@@H]1CN2CCC1C[C@@H]2[C@H](O)c1ccnc2ccc(OC)cc12.O.O.O. The van der Waals surface area contributed by atoms with Crippen LogP contribution in [-0.2, 0) is 0 Å². The number of nitrogens with zero attached hydrogens (tertiary/aromatic N) is 2. The van der Waals surface area contributed by atoms with Gasteiger partial charge in [-0.3, -0.25) is 9.88 Å². The lowest BCUT2D eigenvalue weighted by Gasteiger charge is -2.50. The second kappa shape index (κ2) is 9.25. The van der Waals surface area contributed by atoms with E-state index in [1.165, 1.54) is 6.42 Å². The van der Waals surface area contributed by atoms with Crippen LogP contribution in [0.2, 0.25) is 0 Å². The molecule has 5 atom stereocenters. The molecule has 0 saturated carbocycles. The predicted octanol–water partition coefficient (Wildman–Crippen LogP) is 0.699. The van der Waals surface area contributed by atoms with E-state index in [0.29, 0.717) is 11.8 Å². The summed E-state index contributed by atoms with van der Waals surface area (Å²) in [6.07, 6.45) is 5.62. The number of benzene rings is 1. The molecule has 1 aromatic carbocycles. The Morgan fingerprint density at radius 3 is 2.70 bits per heavy atom. The molecule has 0 spiro atoms. The van der Waals surface area contributed by atoms with Gasteiger partial charge in [0.2, 0.25) is 0 Å². The van der Waals surface area contributed by atoms with Crippen molar-refractivity contribution in [1.29, 1.82) is 0 Å². The van der Waals surface area contributed by atoms with Gasteiger partial charge in [0.15, 0.2) is 0 Å². The van der Waals surface area contributed by atoms with E-state index in [0.717, 1.165) is 41.7 Å². The molecule has 0 amide bonds. The van der Waals surface area contributed by atoms with Crippen molar-refractivity contribution in [3.8, 4) is 5.75 Å². The van der Waals surface area contributed by atoms with Crippen LogP contribution in [0.5, 0.6) is 5.75 Å². The maximum absolute atomic E-state index is 11.2. The van der Waals surface area contributed by atoms with Crippen LogP contribution in [0.4, 0.5) is 0 Å². The second-order valence-corrected chi connectivity index (χ2v) is 6.97. The number of fused-ring (bicyclic) bond motifs is 4. The molecule has 5 rings (SSSR count). The quantitative estimate of drug-likeness (QED) is 0.782. The van der Waals surface area contributed by atoms with Crippen molar-refractivity contribution in [3.05, 3.63) is 48.7 Å². The van der Waals surface area contributed by atoms with E-state index in [4.69, 9.17) is 4.74 Å². The van der Waals surface area contributed by atoms with Crippen LogP contribution in [0, 0.1) is 11.8 Å². The lowest BCUT2D eigenvalue weighted by atomic mass is 9.73. The first-order valence-corrected chi connectivity index (χ1v) is 8.68. The predicted molar refractivity (Wildman–Crippen MR) is 106 cm³/mol. The zero-order valence-corrected chi connectivity index (χ0v) is 15.6. The third-order valence-corrected chi connectivity index (χ3v) is 5.82. The fourth-order valence-electron chi connectivity index (χ4n) is 4.44. The molecule has 3 fully saturated rings. The van der Waals surface area contributed by atoms with Gasteiger partial charge in [-0.25, -0.2) is 0 Å². The van der Waals surface area contributed by atoms with Gasteiger partial charge >= 0.3 is 0 Å². The van der Waals surface area contributed by atoms with Crippen molar-refractivity contribution >= 4 is 10.9 Å². The molecule has 2 bridgehead atoms. The number of methoxy groups -OCH3 is 1. The Bertz CT molecular complexity index is 769. The highest BCUT2D eigenvalue weighted by atomic mass is 16.5. The van der Waals surface area contributed by atoms with Crippen LogP contribution in [0.1, 0.15) is 24.5 Å². The Morgan fingerprint density at radius 1 is 1.30 bits per heavy atom. The summed E-state index contributed by atoms with van der Waals surface area (Å²) in [5.41, 5.74) is 1.85. The van der Waals surface area contributed by atoms with E-state index in [2.05, 4.69) is 22.5 Å². The summed E-state index contributed by atoms with van der Waals surface area (Å²) >= 11 is 0. The Morgan fingerprint density at radius 2 is 2.07 bits per heavy atom. The minimum Gasteiger partial charge on any atom is -0.497 e. The molecule has 2 aromatic rings. The van der Waals surface area contributed by atoms with E-state index < -0.39 is 6.10 Å². The lowest BCUT2D eigenvalue weighted by Crippen LogP contribution is -2.54. The van der Waals surface area contributed by atoms with Gasteiger partial charge in [-0.05, 0) is 61.1 Å². The number of pyridine rings is 1. The minimum atomic E-state index is -0.504. The van der Waals surface area contributed by atoms with Gasteiger partial charge in [0.25, 0.3) is 0 Å². The molecular weight excluding hydrogens is 348 g/mol. The lowest BCUT2D eigenvalue weighted by molar-refractivity contribution is -0.0444. The number of piperidine rings is 3. The summed E-state index contributed by atoms with van der Waals surface area (Å²) in [6, 6.07) is 7.96. The number of hydrogen-bond acceptors (Lipinski definition) is 4. The number of ether oxygens (including phenoxy) is 1. The summed E-state index contributed by atoms with van der Waals surface area (Å²) in [6.45, 7) is 6.07. The maximum Gasteiger partial charge on any atom is 0.119 e. The van der Waals surface area contributed by atoms with E-state index in [-0.39, 0.29) is 22.5 Å². The molecule has 7 nitrogen and oxygen atoms in total. The molecule has 0 radical (unpaired) electrons. The second-order valence-electron chi connectivity index (χ2n) is 6.97. The highest BCUT2D eigenvalue weighted by Gasteiger charge is 2.42. The molecule has 2 unspecified atom stereocenters. The maximum atomic E-state index is 11.2. The monoisotopic (exact) mass is 378 g/mol. The summed E-state index contributed by atoms with van der Waals surface area (Å²) in [5.74, 6) is 2.01. The van der Waals surface area contributed by atoms with Crippen LogP contribution in [0.15, 0.2) is 43.1 Å². The molecule has 150 valence electrons. The van der Waals surface area contributed by atoms with E-state index >= 15 is 0 Å². The Labute approximate surface area is 159 Å². The zero-order valence-electron chi connectivity index (χ0n) is 15.6. The molecule has 7 N–H and O–H groups in total. The van der Waals surface area contributed by atoms with Gasteiger partial charge < -0.3 is 26.3 Å². The zero-order chi connectivity index (χ0) is 16.7. The number of rotatable bonds is 4. The summed E-state index contributed by atoms with van der Waals surface area (Å²) in [4.78, 5) is 6.86. The molecule has 1 aromatic heterocycles. The molecule has 0 aliphatic carbocycles. The molecule has 4 heterocycles. The molecule has 3 aliphatic heterocycles. The summed E-state index contributed by atoms with van der Waals surface area (Å²) < 4.78 is 5.35. The first-order valence-electron chi connectivity index (χ1n) is 8.68. The summed E-state index contributed by atoms with van der Waals surface area (Å²) in [7, 11) is 1.66. The van der Waals surface area contributed by atoms with E-state index in [1.54, 1.807) is 13.3 Å². The van der Waals surface area contributed by atoms with Crippen molar-refractivity contribution in [2.24, 2.45) is 11.8 Å². The number of aliphatic hydroxyl groups excluding tert-OH is 1. The van der Waals surface area contributed by atoms with Crippen LogP contribution in [0.25, 0.3) is 10.9 Å². The average Bonchev–Trinajstić information content (AvgIpc) is 2.66. The van der Waals surface area contributed by atoms with Crippen molar-refractivity contribution in [1.82, 2.24) is 9.88 Å². The van der Waals surface area contributed by atoms with Gasteiger partial charge in [0, 0.05) is 24.2 Å². The third kappa shape index (κ3) is 3.97. The van der Waals surface area contributed by atoms with Crippen molar-refractivity contribution < 1.29 is 26.3 Å². The molecule has 27 heavy (non-hydrogen) atoms. The first kappa shape index (κ1) is 23.0. The van der Waals surface area contributed by atoms with Gasteiger partial charge in [0.1, 0.15) is 5.75 Å². The third-order valence-electron chi connectivity index (χ3n) is 5.82. The largest absolute Gasteiger partial charge is 0.497 e. The van der Waals surface area contributed by atoms with Crippen LogP contribution in [0.3, 0.4) is 0 Å². The van der Waals surface area contributed by atoms with Crippen LogP contribution < -0.4 is 4.74 Å². The van der Waals surface area contributed by atoms with Crippen LogP contribution >= 0.6 is 0 Å². The first-order chi connectivity index (χ1) is 11.7. The van der Waals surface area contributed by atoms with E-state index in [1.807, 2.05) is 24.3 Å². The Kier molecular flexibility index (Phi) is 7.89. The molecule has 3 aliphatic rings. The highest BCUT2D eigenvalue weighted by Crippen LogP contribution is 2.42. The van der Waals surface area contributed by atoms with Gasteiger partial charge in [0.05, 0.1) is 18.7 Å². The van der Waals surface area contributed by atoms with Crippen molar-refractivity contribution in [3.63, 3.8) is 0 Å². The standard InChI is InChI=1S/C20H24N2O2.3H2O/c1-3-13-12-22-9-7-14(13)10-19(22)20(23)16-6-8-21-18-5-4-15(24-2)11-17(16)18;;;/h3-6,8,11,13-14,19-20,23H,1,7,9-10,12H2,2H3;3*1H2/t13-,14?,19-,20-;;;/m1.../s1. The normalized spacial score (nSPS) is 26.9. The number of aromatic nitrogens is 1. The highest BCUT2D eigenvalue weighted by molar-refractivity contribution is 5.83. The Balaban J connectivity index is 0.00000121.